The number of carbonyl (C=O) groups is 3. The van der Waals surface area contributed by atoms with Crippen LogP contribution >= 0.6 is 0 Å². The van der Waals surface area contributed by atoms with Crippen LogP contribution in [0.25, 0.3) is 0 Å². The molecule has 31 heavy (non-hydrogen) atoms. The number of rotatable bonds is 7. The van der Waals surface area contributed by atoms with Crippen molar-refractivity contribution in [1.82, 2.24) is 20.4 Å². The predicted molar refractivity (Wildman–Crippen MR) is 120 cm³/mol. The molecule has 7 nitrogen and oxygen atoms in total. The fourth-order valence-electron chi connectivity index (χ4n) is 4.48. The summed E-state index contributed by atoms with van der Waals surface area (Å²) in [4.78, 5) is 40.9. The molecule has 2 aliphatic rings. The van der Waals surface area contributed by atoms with Gasteiger partial charge in [0.2, 0.25) is 11.8 Å². The van der Waals surface area contributed by atoms with Gasteiger partial charge in [-0.2, -0.15) is 0 Å². The minimum absolute atomic E-state index is 0.00109. The van der Waals surface area contributed by atoms with Crippen molar-refractivity contribution in [3.05, 3.63) is 35.9 Å². The van der Waals surface area contributed by atoms with E-state index in [4.69, 9.17) is 0 Å². The van der Waals surface area contributed by atoms with Gasteiger partial charge in [-0.3, -0.25) is 9.59 Å². The Hall–Kier alpha value is -2.57. The van der Waals surface area contributed by atoms with E-state index in [1.54, 1.807) is 16.8 Å². The average Bonchev–Trinajstić information content (AvgIpc) is 2.80. The number of hydrogen-bond donors (Lipinski definition) is 2. The third-order valence-electron chi connectivity index (χ3n) is 6.32. The average molecular weight is 429 g/mol. The molecule has 0 radical (unpaired) electrons. The molecule has 1 aromatic rings. The normalized spacial score (nSPS) is 19.5. The van der Waals surface area contributed by atoms with Crippen molar-refractivity contribution in [1.29, 1.82) is 0 Å². The lowest BCUT2D eigenvalue weighted by molar-refractivity contribution is -0.135. The van der Waals surface area contributed by atoms with Gasteiger partial charge in [-0.1, -0.05) is 49.6 Å². The van der Waals surface area contributed by atoms with Gasteiger partial charge >= 0.3 is 6.03 Å². The lowest BCUT2D eigenvalue weighted by Gasteiger charge is -2.33. The number of hydrogen-bond acceptors (Lipinski definition) is 3. The molecule has 4 amide bonds. The number of piperidine rings is 1. The summed E-state index contributed by atoms with van der Waals surface area (Å²) in [5.41, 5.74) is 1.06. The summed E-state index contributed by atoms with van der Waals surface area (Å²) in [6, 6.07) is 9.90. The third-order valence-corrected chi connectivity index (χ3v) is 6.32. The zero-order chi connectivity index (χ0) is 22.1. The van der Waals surface area contributed by atoms with E-state index in [1.807, 2.05) is 30.3 Å². The van der Waals surface area contributed by atoms with E-state index < -0.39 is 0 Å². The van der Waals surface area contributed by atoms with Crippen LogP contribution in [-0.4, -0.2) is 60.4 Å². The van der Waals surface area contributed by atoms with Crippen LogP contribution < -0.4 is 10.6 Å². The smallest absolute Gasteiger partial charge is 0.317 e. The molecule has 1 saturated carbocycles. The Morgan fingerprint density at radius 1 is 1.03 bits per heavy atom. The van der Waals surface area contributed by atoms with Crippen molar-refractivity contribution in [2.45, 2.75) is 64.0 Å². The lowest BCUT2D eigenvalue weighted by Crippen LogP contribution is -2.48. The summed E-state index contributed by atoms with van der Waals surface area (Å²) in [6.45, 7) is 1.99. The molecule has 170 valence electrons. The van der Waals surface area contributed by atoms with Crippen LogP contribution in [0.5, 0.6) is 0 Å². The second kappa shape index (κ2) is 11.7. The van der Waals surface area contributed by atoms with Gasteiger partial charge in [-0.25, -0.2) is 4.79 Å². The minimum Gasteiger partial charge on any atom is -0.353 e. The van der Waals surface area contributed by atoms with Crippen molar-refractivity contribution < 1.29 is 14.4 Å². The maximum atomic E-state index is 12.7. The highest BCUT2D eigenvalue weighted by Crippen LogP contribution is 2.21. The maximum absolute atomic E-state index is 12.7. The third kappa shape index (κ3) is 7.26. The van der Waals surface area contributed by atoms with E-state index in [0.717, 1.165) is 31.2 Å². The van der Waals surface area contributed by atoms with Gasteiger partial charge < -0.3 is 20.4 Å². The van der Waals surface area contributed by atoms with Crippen LogP contribution in [0.1, 0.15) is 56.9 Å². The van der Waals surface area contributed by atoms with Gasteiger partial charge in [-0.05, 0) is 31.2 Å². The number of amides is 4. The first-order chi connectivity index (χ1) is 15.0. The van der Waals surface area contributed by atoms with E-state index in [2.05, 4.69) is 10.6 Å². The van der Waals surface area contributed by atoms with Crippen molar-refractivity contribution in [3.63, 3.8) is 0 Å². The fraction of sp³-hybridized carbons (Fsp3) is 0.625. The summed E-state index contributed by atoms with van der Waals surface area (Å²) < 4.78 is 0. The number of nitrogens with zero attached hydrogens (tertiary/aromatic N) is 2. The number of likely N-dealkylation sites (tertiary alicyclic amines) is 1. The number of carbonyl (C=O) groups excluding carboxylic acids is 3. The number of benzene rings is 1. The summed E-state index contributed by atoms with van der Waals surface area (Å²) in [5, 5.41) is 6.02. The van der Waals surface area contributed by atoms with Gasteiger partial charge in [-0.15, -0.1) is 0 Å². The Morgan fingerprint density at radius 2 is 1.77 bits per heavy atom. The highest BCUT2D eigenvalue weighted by atomic mass is 16.2. The van der Waals surface area contributed by atoms with Crippen LogP contribution in [-0.2, 0) is 16.1 Å². The molecular formula is C24H36N4O3. The molecule has 1 aliphatic heterocycles. The number of urea groups is 1. The quantitative estimate of drug-likeness (QED) is 0.701. The second-order valence-corrected chi connectivity index (χ2v) is 8.85. The molecule has 1 unspecified atom stereocenters. The van der Waals surface area contributed by atoms with Crippen molar-refractivity contribution in [3.8, 4) is 0 Å². The first kappa shape index (κ1) is 23.1. The van der Waals surface area contributed by atoms with Crippen molar-refractivity contribution in [2.24, 2.45) is 5.92 Å². The Morgan fingerprint density at radius 3 is 2.52 bits per heavy atom. The van der Waals surface area contributed by atoms with Crippen LogP contribution in [0.15, 0.2) is 30.3 Å². The number of nitrogens with one attached hydrogen (secondary N) is 2. The monoisotopic (exact) mass is 428 g/mol. The van der Waals surface area contributed by atoms with E-state index >= 15 is 0 Å². The molecule has 3 rings (SSSR count). The first-order valence-electron chi connectivity index (χ1n) is 11.6. The molecule has 1 saturated heterocycles. The largest absolute Gasteiger partial charge is 0.353 e. The Balaban J connectivity index is 1.37. The molecule has 0 spiro atoms. The molecule has 1 atom stereocenters. The molecule has 1 heterocycles. The Kier molecular flexibility index (Phi) is 8.74. The van der Waals surface area contributed by atoms with E-state index in [-0.39, 0.29) is 30.2 Å². The van der Waals surface area contributed by atoms with Gasteiger partial charge in [0.1, 0.15) is 0 Å². The zero-order valence-corrected chi connectivity index (χ0v) is 18.6. The Bertz CT molecular complexity index is 734. The maximum Gasteiger partial charge on any atom is 0.317 e. The van der Waals surface area contributed by atoms with Gasteiger partial charge in [0.05, 0.1) is 5.92 Å². The molecule has 7 heteroatoms. The second-order valence-electron chi connectivity index (χ2n) is 8.85. The fourth-order valence-corrected chi connectivity index (χ4v) is 4.48. The summed E-state index contributed by atoms with van der Waals surface area (Å²) >= 11 is 0. The molecule has 1 aliphatic carbocycles. The van der Waals surface area contributed by atoms with Crippen LogP contribution in [0.3, 0.4) is 0 Å². The minimum atomic E-state index is -0.194. The summed E-state index contributed by atoms with van der Waals surface area (Å²) in [5.74, 6) is -0.0207. The van der Waals surface area contributed by atoms with Crippen molar-refractivity contribution >= 4 is 17.8 Å². The lowest BCUT2D eigenvalue weighted by atomic mass is 9.93. The molecule has 2 fully saturated rings. The van der Waals surface area contributed by atoms with Crippen LogP contribution in [0.2, 0.25) is 0 Å². The van der Waals surface area contributed by atoms with Gasteiger partial charge in [0.15, 0.2) is 0 Å². The van der Waals surface area contributed by atoms with Gasteiger partial charge in [0, 0.05) is 45.7 Å². The molecule has 0 bridgehead atoms. The molecular weight excluding hydrogens is 392 g/mol. The van der Waals surface area contributed by atoms with Crippen molar-refractivity contribution in [2.75, 3.05) is 26.7 Å². The van der Waals surface area contributed by atoms with Crippen LogP contribution in [0.4, 0.5) is 4.79 Å². The predicted octanol–water partition coefficient (Wildman–Crippen LogP) is 2.91. The summed E-state index contributed by atoms with van der Waals surface area (Å²) in [7, 11) is 1.74. The SMILES string of the molecule is CN(Cc1ccccc1)C(=O)NCCC(=O)N1CCCC(C(=O)NC2CCCCC2)C1. The molecule has 1 aromatic carbocycles. The first-order valence-corrected chi connectivity index (χ1v) is 11.6. The van der Waals surface area contributed by atoms with E-state index in [0.29, 0.717) is 32.2 Å². The van der Waals surface area contributed by atoms with E-state index in [1.165, 1.54) is 19.3 Å². The Labute approximate surface area is 185 Å². The van der Waals surface area contributed by atoms with E-state index in [9.17, 15) is 14.4 Å². The summed E-state index contributed by atoms with van der Waals surface area (Å²) in [6.07, 6.45) is 7.71. The van der Waals surface area contributed by atoms with Gasteiger partial charge in [0.25, 0.3) is 0 Å². The van der Waals surface area contributed by atoms with Crippen LogP contribution in [0, 0.1) is 5.92 Å². The standard InChI is InChI=1S/C24H36N4O3/c1-27(17-19-9-4-2-5-10-19)24(31)25-15-14-22(29)28-16-8-11-20(18-28)23(30)26-21-12-6-3-7-13-21/h2,4-5,9-10,20-21H,3,6-8,11-18H2,1H3,(H,25,31)(H,26,30). The zero-order valence-electron chi connectivity index (χ0n) is 18.6. The topological polar surface area (TPSA) is 81.8 Å². The highest BCUT2D eigenvalue weighted by molar-refractivity contribution is 5.82. The molecule has 2 N–H and O–H groups in total. The highest BCUT2D eigenvalue weighted by Gasteiger charge is 2.29. The molecule has 0 aromatic heterocycles.